The number of ether oxygens (including phenoxy) is 1. The van der Waals surface area contributed by atoms with Crippen molar-refractivity contribution in [3.05, 3.63) is 63.3 Å². The summed E-state index contributed by atoms with van der Waals surface area (Å²) in [4.78, 5) is 24.5. The first-order valence-corrected chi connectivity index (χ1v) is 17.8. The molecule has 1 amide bonds. The van der Waals surface area contributed by atoms with Crippen LogP contribution in [0.4, 0.5) is 17.3 Å². The summed E-state index contributed by atoms with van der Waals surface area (Å²) in [7, 11) is 1.45. The van der Waals surface area contributed by atoms with Crippen LogP contribution in [0.1, 0.15) is 61.0 Å². The summed E-state index contributed by atoms with van der Waals surface area (Å²) in [5, 5.41) is 6.52. The summed E-state index contributed by atoms with van der Waals surface area (Å²) in [6.07, 6.45) is 3.75. The van der Waals surface area contributed by atoms with Crippen LogP contribution in [0.3, 0.4) is 0 Å². The number of hydrogen-bond acceptors (Lipinski definition) is 7. The van der Waals surface area contributed by atoms with Gasteiger partial charge in [-0.1, -0.05) is 50.0 Å². The quantitative estimate of drug-likeness (QED) is 0.242. The highest BCUT2D eigenvalue weighted by atomic mass is 35.5. The molecule has 4 rings (SSSR count). The number of anilines is 3. The molecule has 3 aromatic rings. The molecule has 226 valence electrons. The van der Waals surface area contributed by atoms with E-state index >= 15 is 0 Å². The first kappa shape index (κ1) is 32.1. The molecular weight excluding hydrogens is 589 g/mol. The first-order valence-electron chi connectivity index (χ1n) is 14.2. The number of methoxy groups -OCH3 is 1. The number of likely N-dealkylation sites (tertiary alicyclic amines) is 1. The Balaban J connectivity index is 1.51. The van der Waals surface area contributed by atoms with E-state index in [0.717, 1.165) is 18.8 Å². The van der Waals surface area contributed by atoms with E-state index in [1.165, 1.54) is 37.3 Å². The Bertz CT molecular complexity index is 1450. The molecule has 42 heavy (non-hydrogen) atoms. The molecule has 0 atom stereocenters. The molecule has 0 unspecified atom stereocenters. The lowest BCUT2D eigenvalue weighted by Gasteiger charge is -2.36. The van der Waals surface area contributed by atoms with Crippen LogP contribution in [-0.2, 0) is 0 Å². The second kappa shape index (κ2) is 12.8. The molecule has 1 fully saturated rings. The normalized spacial score (nSPS) is 14.9. The standard InChI is InChI=1S/C31H41Cl2N5O3Si/c1-19-17-21(9-10-22(19)20-13-15-38(5)16-14-20)35-30-34-18-23(29(37-30)40-6)28(39)36-27-24(32)11-12-25(26(27)33)41-42(7,8)31(2,3)4/h9-12,17-18,20H,13-16H2,1-8H3,(H,36,39)(H,34,35,37). The number of nitrogens with zero attached hydrogens (tertiary/aromatic N) is 3. The fourth-order valence-corrected chi connectivity index (χ4v) is 6.33. The summed E-state index contributed by atoms with van der Waals surface area (Å²) in [5.41, 5.74) is 3.87. The molecule has 8 nitrogen and oxygen atoms in total. The molecule has 0 spiro atoms. The van der Waals surface area contributed by atoms with E-state index in [1.807, 2.05) is 6.07 Å². The summed E-state index contributed by atoms with van der Waals surface area (Å²) < 4.78 is 11.8. The van der Waals surface area contributed by atoms with Gasteiger partial charge in [0.15, 0.2) is 0 Å². The molecule has 0 saturated carbocycles. The first-order chi connectivity index (χ1) is 19.7. The monoisotopic (exact) mass is 629 g/mol. The van der Waals surface area contributed by atoms with Crippen LogP contribution in [0.15, 0.2) is 36.5 Å². The van der Waals surface area contributed by atoms with Gasteiger partial charge in [-0.3, -0.25) is 4.79 Å². The van der Waals surface area contributed by atoms with E-state index in [9.17, 15) is 4.79 Å². The van der Waals surface area contributed by atoms with Crippen LogP contribution in [0.25, 0.3) is 0 Å². The number of piperidine rings is 1. The van der Waals surface area contributed by atoms with E-state index in [2.05, 4.69) is 85.5 Å². The van der Waals surface area contributed by atoms with Crippen LogP contribution >= 0.6 is 23.2 Å². The topological polar surface area (TPSA) is 88.6 Å². The molecular formula is C31H41Cl2N5O3Si. The fraction of sp³-hybridized carbons (Fsp3) is 0.452. The number of rotatable bonds is 8. The molecule has 0 radical (unpaired) electrons. The van der Waals surface area contributed by atoms with Crippen LogP contribution in [0, 0.1) is 6.92 Å². The second-order valence-electron chi connectivity index (χ2n) is 12.4. The molecule has 2 aromatic carbocycles. The molecule has 0 aliphatic carbocycles. The zero-order chi connectivity index (χ0) is 30.8. The largest absolute Gasteiger partial charge is 0.542 e. The highest BCUT2D eigenvalue weighted by Gasteiger charge is 2.39. The zero-order valence-electron chi connectivity index (χ0n) is 25.7. The van der Waals surface area contributed by atoms with Crippen molar-refractivity contribution in [2.45, 2.75) is 64.6 Å². The van der Waals surface area contributed by atoms with Gasteiger partial charge in [0.2, 0.25) is 11.8 Å². The lowest BCUT2D eigenvalue weighted by atomic mass is 9.87. The van der Waals surface area contributed by atoms with Gasteiger partial charge in [-0.15, -0.1) is 0 Å². The van der Waals surface area contributed by atoms with Gasteiger partial charge in [-0.2, -0.15) is 4.98 Å². The summed E-state index contributed by atoms with van der Waals surface area (Å²) in [6, 6.07) is 9.72. The summed E-state index contributed by atoms with van der Waals surface area (Å²) >= 11 is 13.1. The molecule has 11 heteroatoms. The van der Waals surface area contributed by atoms with E-state index < -0.39 is 14.2 Å². The Morgan fingerprint density at radius 2 is 1.81 bits per heavy atom. The molecule has 2 heterocycles. The van der Waals surface area contributed by atoms with Gasteiger partial charge in [0.05, 0.1) is 17.8 Å². The Morgan fingerprint density at radius 1 is 1.12 bits per heavy atom. The maximum absolute atomic E-state index is 13.3. The molecule has 1 aliphatic heterocycles. The van der Waals surface area contributed by atoms with E-state index in [0.29, 0.717) is 17.6 Å². The highest BCUT2D eigenvalue weighted by Crippen LogP contribution is 2.43. The van der Waals surface area contributed by atoms with E-state index in [4.69, 9.17) is 32.4 Å². The van der Waals surface area contributed by atoms with Gasteiger partial charge in [0, 0.05) is 11.9 Å². The number of halogens is 2. The van der Waals surface area contributed by atoms with Gasteiger partial charge >= 0.3 is 0 Å². The number of aromatic nitrogens is 2. The minimum absolute atomic E-state index is 0.0344. The summed E-state index contributed by atoms with van der Waals surface area (Å²) in [6.45, 7) is 15.0. The molecule has 1 aliphatic rings. The Hall–Kier alpha value is -2.85. The SMILES string of the molecule is COc1nc(Nc2ccc(C3CCN(C)CC3)c(C)c2)ncc1C(=O)Nc1c(Cl)ccc(O[Si](C)(C)C(C)(C)C)c1Cl. The van der Waals surface area contributed by atoms with Crippen molar-refractivity contribution in [1.82, 2.24) is 14.9 Å². The van der Waals surface area contributed by atoms with E-state index in [-0.39, 0.29) is 32.2 Å². The highest BCUT2D eigenvalue weighted by molar-refractivity contribution is 6.74. The van der Waals surface area contributed by atoms with Crippen LogP contribution in [0.2, 0.25) is 28.2 Å². The number of amides is 1. The van der Waals surface area contributed by atoms with Gasteiger partial charge in [0.1, 0.15) is 16.3 Å². The predicted octanol–water partition coefficient (Wildman–Crippen LogP) is 8.29. The van der Waals surface area contributed by atoms with Crippen molar-refractivity contribution in [3.63, 3.8) is 0 Å². The second-order valence-corrected chi connectivity index (χ2v) is 18.0. The van der Waals surface area contributed by atoms with Crippen molar-refractivity contribution in [2.24, 2.45) is 0 Å². The zero-order valence-corrected chi connectivity index (χ0v) is 28.2. The summed E-state index contributed by atoms with van der Waals surface area (Å²) in [5.74, 6) is 0.972. The van der Waals surface area contributed by atoms with Gasteiger partial charge < -0.3 is 24.7 Å². The molecule has 1 aromatic heterocycles. The fourth-order valence-electron chi connectivity index (χ4n) is 4.73. The number of hydrogen-bond donors (Lipinski definition) is 2. The maximum atomic E-state index is 13.3. The Labute approximate surface area is 260 Å². The number of aryl methyl sites for hydroxylation is 1. The Kier molecular flexibility index (Phi) is 9.77. The number of carbonyl (C=O) groups is 1. The maximum Gasteiger partial charge on any atom is 0.262 e. The third kappa shape index (κ3) is 7.19. The van der Waals surface area contributed by atoms with Gasteiger partial charge in [0.25, 0.3) is 14.2 Å². The Morgan fingerprint density at radius 3 is 2.43 bits per heavy atom. The van der Waals surface area contributed by atoms with Crippen molar-refractivity contribution in [3.8, 4) is 11.6 Å². The number of benzene rings is 2. The number of nitrogens with one attached hydrogen (secondary N) is 2. The van der Waals surface area contributed by atoms with Crippen molar-refractivity contribution >= 4 is 54.7 Å². The third-order valence-corrected chi connectivity index (χ3v) is 13.4. The van der Waals surface area contributed by atoms with Crippen molar-refractivity contribution < 1.29 is 14.0 Å². The van der Waals surface area contributed by atoms with Gasteiger partial charge in [-0.05, 0) is 99.3 Å². The smallest absolute Gasteiger partial charge is 0.262 e. The lowest BCUT2D eigenvalue weighted by Crippen LogP contribution is -2.43. The van der Waals surface area contributed by atoms with Gasteiger partial charge in [-0.25, -0.2) is 4.98 Å². The number of carbonyl (C=O) groups excluding carboxylic acids is 1. The van der Waals surface area contributed by atoms with Crippen molar-refractivity contribution in [2.75, 3.05) is 37.9 Å². The lowest BCUT2D eigenvalue weighted by molar-refractivity contribution is 0.102. The van der Waals surface area contributed by atoms with Crippen LogP contribution in [-0.4, -0.2) is 56.3 Å². The minimum Gasteiger partial charge on any atom is -0.542 e. The van der Waals surface area contributed by atoms with Crippen LogP contribution in [0.5, 0.6) is 11.6 Å². The van der Waals surface area contributed by atoms with E-state index in [1.54, 1.807) is 12.1 Å². The minimum atomic E-state index is -2.18. The predicted molar refractivity (Wildman–Crippen MR) is 175 cm³/mol. The van der Waals surface area contributed by atoms with Crippen molar-refractivity contribution in [1.29, 1.82) is 0 Å². The van der Waals surface area contributed by atoms with Crippen LogP contribution < -0.4 is 19.8 Å². The molecule has 1 saturated heterocycles. The average molecular weight is 631 g/mol. The third-order valence-electron chi connectivity index (χ3n) is 8.34. The molecule has 0 bridgehead atoms. The average Bonchev–Trinajstić information content (AvgIpc) is 2.92. The molecule has 2 N–H and O–H groups in total.